The first kappa shape index (κ1) is 28.3. The molecule has 9 nitrogen and oxygen atoms in total. The molecule has 0 aliphatic heterocycles. The summed E-state index contributed by atoms with van der Waals surface area (Å²) in [5, 5.41) is 6.44. The molecule has 5 aromatic rings. The minimum absolute atomic E-state index is 0.0367. The highest BCUT2D eigenvalue weighted by Gasteiger charge is 2.35. The van der Waals surface area contributed by atoms with Crippen LogP contribution in [-0.2, 0) is 19.8 Å². The molecular formula is C29H24F4N6O3. The van der Waals surface area contributed by atoms with Crippen LogP contribution >= 0.6 is 0 Å². The van der Waals surface area contributed by atoms with Gasteiger partial charge in [0.05, 0.1) is 27.9 Å². The molecule has 0 fully saturated rings. The average Bonchev–Trinajstić information content (AvgIpc) is 3.44. The first-order chi connectivity index (χ1) is 19.8. The molecule has 5 rings (SSSR count). The Morgan fingerprint density at radius 3 is 2.26 bits per heavy atom. The van der Waals surface area contributed by atoms with Gasteiger partial charge < -0.3 is 15.6 Å². The summed E-state index contributed by atoms with van der Waals surface area (Å²) in [7, 11) is 1.53. The number of halogens is 4. The zero-order valence-corrected chi connectivity index (χ0v) is 22.6. The van der Waals surface area contributed by atoms with Gasteiger partial charge in [-0.05, 0) is 67.9 Å². The maximum absolute atomic E-state index is 14.1. The van der Waals surface area contributed by atoms with Crippen LogP contribution in [0.5, 0.6) is 0 Å². The van der Waals surface area contributed by atoms with Crippen LogP contribution in [0.4, 0.5) is 23.2 Å². The molecule has 0 atom stereocenters. The number of carbonyl (C=O) groups excluding carboxylic acids is 2. The molecule has 0 aliphatic carbocycles. The Morgan fingerprint density at radius 1 is 1.00 bits per heavy atom. The lowest BCUT2D eigenvalue weighted by atomic mass is 10.0. The third-order valence-electron chi connectivity index (χ3n) is 6.92. The van der Waals surface area contributed by atoms with Crippen LogP contribution < -0.4 is 16.7 Å². The van der Waals surface area contributed by atoms with E-state index in [0.717, 1.165) is 24.3 Å². The number of nitrogens with one attached hydrogen (secondary N) is 1. The number of aromatic nitrogens is 4. The Hall–Kier alpha value is -5.20. The number of alkyl halides is 3. The van der Waals surface area contributed by atoms with Gasteiger partial charge in [0.2, 0.25) is 0 Å². The number of nitrogens with zero attached hydrogens (tertiary/aromatic N) is 4. The van der Waals surface area contributed by atoms with Gasteiger partial charge in [0.15, 0.2) is 0 Å². The molecular weight excluding hydrogens is 556 g/mol. The fourth-order valence-corrected chi connectivity index (χ4v) is 5.03. The second-order valence-electron chi connectivity index (χ2n) is 9.54. The standard InChI is InChI=1S/C29H24F4N6O3/c1-4-38-24(16-5-8-18(9-6-16)39-15(2)36-37(3)28(39)42)14-20-22(29(31,32)33)11-10-19(25(20)38)27(41)35-17-7-12-23(30)21(13-17)26(34)40/h5-14H,4H2,1-3H3,(H2,34,40)(H,35,41). The molecule has 0 saturated carbocycles. The van der Waals surface area contributed by atoms with Crippen LogP contribution in [0.15, 0.2) is 65.5 Å². The number of hydrogen-bond acceptors (Lipinski definition) is 4. The average molecular weight is 581 g/mol. The molecule has 2 amide bonds. The minimum Gasteiger partial charge on any atom is -0.366 e. The Morgan fingerprint density at radius 2 is 1.69 bits per heavy atom. The number of nitrogens with two attached hydrogens (primary N) is 1. The summed E-state index contributed by atoms with van der Waals surface area (Å²) in [6, 6.07) is 13.2. The number of rotatable bonds is 6. The van der Waals surface area contributed by atoms with Crippen molar-refractivity contribution in [2.24, 2.45) is 12.8 Å². The summed E-state index contributed by atoms with van der Waals surface area (Å²) in [5.74, 6) is -2.22. The fourth-order valence-electron chi connectivity index (χ4n) is 5.03. The van der Waals surface area contributed by atoms with E-state index in [-0.39, 0.29) is 34.4 Å². The molecule has 216 valence electrons. The third kappa shape index (κ3) is 4.82. The van der Waals surface area contributed by atoms with E-state index in [1.807, 2.05) is 0 Å². The van der Waals surface area contributed by atoms with Crippen LogP contribution in [0.1, 0.15) is 39.0 Å². The summed E-state index contributed by atoms with van der Waals surface area (Å²) in [6.45, 7) is 3.62. The van der Waals surface area contributed by atoms with Gasteiger partial charge in [-0.3, -0.25) is 9.59 Å². The van der Waals surface area contributed by atoms with Crippen molar-refractivity contribution in [1.82, 2.24) is 18.9 Å². The van der Waals surface area contributed by atoms with E-state index in [9.17, 15) is 31.9 Å². The number of amides is 2. The maximum atomic E-state index is 14.1. The molecule has 0 bridgehead atoms. The fraction of sp³-hybridized carbons (Fsp3) is 0.172. The van der Waals surface area contributed by atoms with Gasteiger partial charge in [-0.1, -0.05) is 12.1 Å². The molecule has 2 aromatic heterocycles. The van der Waals surface area contributed by atoms with Gasteiger partial charge in [-0.15, -0.1) is 0 Å². The second-order valence-corrected chi connectivity index (χ2v) is 9.54. The lowest BCUT2D eigenvalue weighted by molar-refractivity contribution is -0.136. The smallest absolute Gasteiger partial charge is 0.366 e. The van der Waals surface area contributed by atoms with Crippen molar-refractivity contribution >= 4 is 28.4 Å². The van der Waals surface area contributed by atoms with E-state index >= 15 is 0 Å². The summed E-state index contributed by atoms with van der Waals surface area (Å²) in [5.41, 5.74) is 4.98. The number of fused-ring (bicyclic) bond motifs is 1. The molecule has 0 saturated heterocycles. The predicted molar refractivity (Wildman–Crippen MR) is 148 cm³/mol. The topological polar surface area (TPSA) is 117 Å². The van der Waals surface area contributed by atoms with Gasteiger partial charge in [0.1, 0.15) is 11.6 Å². The SMILES string of the molecule is CCn1c(-c2ccc(-n3c(C)nn(C)c3=O)cc2)cc2c(C(F)(F)F)ccc(C(=O)Nc3ccc(F)c(C(N)=O)c3)c21. The lowest BCUT2D eigenvalue weighted by Crippen LogP contribution is -2.21. The number of carbonyl (C=O) groups is 2. The zero-order chi connectivity index (χ0) is 30.5. The monoisotopic (exact) mass is 580 g/mol. The van der Waals surface area contributed by atoms with Gasteiger partial charge in [-0.25, -0.2) is 18.4 Å². The molecule has 42 heavy (non-hydrogen) atoms. The summed E-state index contributed by atoms with van der Waals surface area (Å²) < 4.78 is 60.4. The molecule has 13 heteroatoms. The number of primary amides is 1. The van der Waals surface area contributed by atoms with Gasteiger partial charge in [0.25, 0.3) is 11.8 Å². The van der Waals surface area contributed by atoms with E-state index in [2.05, 4.69) is 10.4 Å². The van der Waals surface area contributed by atoms with Crippen molar-refractivity contribution in [2.45, 2.75) is 26.6 Å². The molecule has 2 heterocycles. The Labute approximate surface area is 235 Å². The highest BCUT2D eigenvalue weighted by Crippen LogP contribution is 2.40. The molecule has 3 N–H and O–H groups in total. The first-order valence-corrected chi connectivity index (χ1v) is 12.7. The number of hydrogen-bond donors (Lipinski definition) is 2. The Bertz CT molecular complexity index is 1930. The molecule has 0 spiro atoms. The van der Waals surface area contributed by atoms with E-state index in [1.54, 1.807) is 42.7 Å². The van der Waals surface area contributed by atoms with Crippen LogP contribution in [0.25, 0.3) is 27.8 Å². The molecule has 0 radical (unpaired) electrons. The van der Waals surface area contributed by atoms with E-state index in [0.29, 0.717) is 22.8 Å². The number of aryl methyl sites for hydroxylation is 3. The summed E-state index contributed by atoms with van der Waals surface area (Å²) in [4.78, 5) is 37.4. The summed E-state index contributed by atoms with van der Waals surface area (Å²) in [6.07, 6.45) is -4.71. The van der Waals surface area contributed by atoms with Crippen LogP contribution in [-0.4, -0.2) is 30.7 Å². The van der Waals surface area contributed by atoms with Gasteiger partial charge >= 0.3 is 11.9 Å². The van der Waals surface area contributed by atoms with Crippen LogP contribution in [0, 0.1) is 12.7 Å². The lowest BCUT2D eigenvalue weighted by Gasteiger charge is -2.15. The van der Waals surface area contributed by atoms with E-state index in [4.69, 9.17) is 5.73 Å². The minimum atomic E-state index is -4.71. The van der Waals surface area contributed by atoms with Gasteiger partial charge in [0, 0.05) is 30.4 Å². The molecule has 0 unspecified atom stereocenters. The molecule has 0 aliphatic rings. The second kappa shape index (κ2) is 10.3. The van der Waals surface area contributed by atoms with Crippen molar-refractivity contribution in [3.05, 3.63) is 99.5 Å². The third-order valence-corrected chi connectivity index (χ3v) is 6.92. The van der Waals surface area contributed by atoms with E-state index in [1.165, 1.54) is 28.4 Å². The Kier molecular flexibility index (Phi) is 6.97. The van der Waals surface area contributed by atoms with Crippen LogP contribution in [0.2, 0.25) is 0 Å². The molecule has 3 aromatic carbocycles. The van der Waals surface area contributed by atoms with Crippen molar-refractivity contribution in [3.63, 3.8) is 0 Å². The maximum Gasteiger partial charge on any atom is 0.417 e. The van der Waals surface area contributed by atoms with Crippen molar-refractivity contribution in [2.75, 3.05) is 5.32 Å². The van der Waals surface area contributed by atoms with Crippen LogP contribution in [0.3, 0.4) is 0 Å². The normalized spacial score (nSPS) is 11.7. The number of anilines is 1. The highest BCUT2D eigenvalue weighted by atomic mass is 19.4. The summed E-state index contributed by atoms with van der Waals surface area (Å²) >= 11 is 0. The van der Waals surface area contributed by atoms with Crippen molar-refractivity contribution in [1.29, 1.82) is 0 Å². The van der Waals surface area contributed by atoms with Crippen molar-refractivity contribution < 1.29 is 27.2 Å². The number of benzene rings is 3. The largest absolute Gasteiger partial charge is 0.417 e. The van der Waals surface area contributed by atoms with Crippen molar-refractivity contribution in [3.8, 4) is 16.9 Å². The predicted octanol–water partition coefficient (Wildman–Crippen LogP) is 5.03. The quantitative estimate of drug-likeness (QED) is 0.274. The highest BCUT2D eigenvalue weighted by molar-refractivity contribution is 6.14. The van der Waals surface area contributed by atoms with E-state index < -0.39 is 34.9 Å². The Balaban J connectivity index is 1.64. The zero-order valence-electron chi connectivity index (χ0n) is 22.6. The van der Waals surface area contributed by atoms with Gasteiger partial charge in [-0.2, -0.15) is 18.3 Å². The first-order valence-electron chi connectivity index (χ1n) is 12.7.